The summed E-state index contributed by atoms with van der Waals surface area (Å²) < 4.78 is 64.9. The Morgan fingerprint density at radius 1 is 1.06 bits per heavy atom. The van der Waals surface area contributed by atoms with Crippen LogP contribution in [0.2, 0.25) is 0 Å². The molecule has 1 aliphatic heterocycles. The maximum absolute atomic E-state index is 12.8. The lowest BCUT2D eigenvalue weighted by Crippen LogP contribution is -2.46. The lowest BCUT2D eigenvalue weighted by Gasteiger charge is -2.33. The van der Waals surface area contributed by atoms with Crippen molar-refractivity contribution in [2.45, 2.75) is 55.6 Å². The predicted octanol–water partition coefficient (Wildman–Crippen LogP) is 3.34. The second-order valence-electron chi connectivity index (χ2n) is 9.11. The zero-order chi connectivity index (χ0) is 23.5. The maximum atomic E-state index is 12.8. The number of hydrogen-bond donors (Lipinski definition) is 1. The van der Waals surface area contributed by atoms with Gasteiger partial charge in [0.15, 0.2) is 0 Å². The molecular weight excluding hydrogens is 443 g/mol. The zero-order valence-corrected chi connectivity index (χ0v) is 19.4. The van der Waals surface area contributed by atoms with Gasteiger partial charge in [0.25, 0.3) is 0 Å². The van der Waals surface area contributed by atoms with Crippen LogP contribution in [0, 0.1) is 11.8 Å². The number of carbonyl (C=O) groups excluding carboxylic acids is 1. The molecule has 1 heterocycles. The second kappa shape index (κ2) is 10.1. The smallest absolute Gasteiger partial charge is 0.353 e. The molecular formula is C22H32F3N3O3S. The van der Waals surface area contributed by atoms with Crippen LogP contribution in [0.3, 0.4) is 0 Å². The number of likely N-dealkylation sites (tertiary alicyclic amines) is 1. The molecule has 1 saturated heterocycles. The van der Waals surface area contributed by atoms with E-state index in [4.69, 9.17) is 0 Å². The molecule has 1 aliphatic carbocycles. The monoisotopic (exact) mass is 475 g/mol. The Kier molecular flexibility index (Phi) is 7.88. The van der Waals surface area contributed by atoms with Gasteiger partial charge in [0.2, 0.25) is 15.9 Å². The van der Waals surface area contributed by atoms with Gasteiger partial charge in [-0.3, -0.25) is 4.79 Å². The first-order valence-electron chi connectivity index (χ1n) is 11.1. The van der Waals surface area contributed by atoms with Gasteiger partial charge < -0.3 is 10.2 Å². The molecule has 2 aliphatic rings. The lowest BCUT2D eigenvalue weighted by atomic mass is 9.81. The maximum Gasteiger partial charge on any atom is 0.416 e. The number of rotatable bonds is 6. The number of hydrogen-bond acceptors (Lipinski definition) is 4. The molecule has 3 rings (SSSR count). The number of nitrogens with one attached hydrogen (secondary N) is 1. The first-order valence-corrected chi connectivity index (χ1v) is 12.5. The van der Waals surface area contributed by atoms with Crippen molar-refractivity contribution in [1.82, 2.24) is 14.5 Å². The lowest BCUT2D eigenvalue weighted by molar-refractivity contribution is -0.137. The van der Waals surface area contributed by atoms with Crippen LogP contribution in [-0.4, -0.2) is 63.3 Å². The van der Waals surface area contributed by atoms with Gasteiger partial charge >= 0.3 is 6.18 Å². The van der Waals surface area contributed by atoms with Gasteiger partial charge in [-0.05, 0) is 88.8 Å². The van der Waals surface area contributed by atoms with Crippen LogP contribution in [0.15, 0.2) is 29.2 Å². The molecule has 0 bridgehead atoms. The summed E-state index contributed by atoms with van der Waals surface area (Å²) in [5, 5.41) is 3.17. The van der Waals surface area contributed by atoms with E-state index >= 15 is 0 Å². The van der Waals surface area contributed by atoms with Gasteiger partial charge in [0, 0.05) is 25.6 Å². The summed E-state index contributed by atoms with van der Waals surface area (Å²) in [5.74, 6) is 0.183. The van der Waals surface area contributed by atoms with Gasteiger partial charge in [0.1, 0.15) is 0 Å². The Bertz CT molecular complexity index is 874. The van der Waals surface area contributed by atoms with Crippen molar-refractivity contribution < 1.29 is 26.4 Å². The molecule has 0 spiro atoms. The van der Waals surface area contributed by atoms with E-state index < -0.39 is 21.8 Å². The normalized spacial score (nSPS) is 23.9. The number of carbonyl (C=O) groups is 1. The first-order chi connectivity index (χ1) is 15.0. The second-order valence-corrected chi connectivity index (χ2v) is 11.2. The molecule has 10 heteroatoms. The van der Waals surface area contributed by atoms with Crippen molar-refractivity contribution in [3.63, 3.8) is 0 Å². The van der Waals surface area contributed by atoms with E-state index in [0.717, 1.165) is 75.9 Å². The molecule has 2 fully saturated rings. The minimum absolute atomic E-state index is 0.0391. The van der Waals surface area contributed by atoms with E-state index in [2.05, 4.69) is 17.3 Å². The van der Waals surface area contributed by atoms with Crippen molar-refractivity contribution in [3.8, 4) is 0 Å². The van der Waals surface area contributed by atoms with Crippen molar-refractivity contribution in [3.05, 3.63) is 29.8 Å². The average molecular weight is 476 g/mol. The number of piperidine rings is 1. The summed E-state index contributed by atoms with van der Waals surface area (Å²) >= 11 is 0. The minimum Gasteiger partial charge on any atom is -0.353 e. The molecule has 6 nitrogen and oxygen atoms in total. The SMILES string of the molecule is CN1CCC(NC(=O)C2CCC(CN(C)S(=O)(=O)c3ccc(C(F)(F)F)cc3)CC2)CC1. The minimum atomic E-state index is -4.51. The third-order valence-corrected chi connectivity index (χ3v) is 8.53. The molecule has 0 unspecified atom stereocenters. The largest absolute Gasteiger partial charge is 0.416 e. The fourth-order valence-corrected chi connectivity index (χ4v) is 5.78. The first kappa shape index (κ1) is 25.0. The highest BCUT2D eigenvalue weighted by Gasteiger charge is 2.33. The molecule has 180 valence electrons. The highest BCUT2D eigenvalue weighted by Crippen LogP contribution is 2.32. The van der Waals surface area contributed by atoms with Crippen LogP contribution in [0.1, 0.15) is 44.1 Å². The highest BCUT2D eigenvalue weighted by atomic mass is 32.2. The highest BCUT2D eigenvalue weighted by molar-refractivity contribution is 7.89. The van der Waals surface area contributed by atoms with Crippen molar-refractivity contribution in [2.24, 2.45) is 11.8 Å². The Hall–Kier alpha value is -1.65. The Labute approximate surface area is 188 Å². The van der Waals surface area contributed by atoms with Crippen LogP contribution in [-0.2, 0) is 21.0 Å². The fraction of sp³-hybridized carbons (Fsp3) is 0.682. The van der Waals surface area contributed by atoms with E-state index in [0.29, 0.717) is 0 Å². The van der Waals surface area contributed by atoms with Gasteiger partial charge in [-0.15, -0.1) is 0 Å². The molecule has 0 aromatic heterocycles. The number of alkyl halides is 3. The number of halogens is 3. The van der Waals surface area contributed by atoms with Crippen LogP contribution in [0.25, 0.3) is 0 Å². The number of nitrogens with zero attached hydrogens (tertiary/aromatic N) is 2. The fourth-order valence-electron chi connectivity index (χ4n) is 4.54. The molecule has 32 heavy (non-hydrogen) atoms. The summed E-state index contributed by atoms with van der Waals surface area (Å²) in [4.78, 5) is 14.7. The molecule has 1 saturated carbocycles. The Morgan fingerprint density at radius 2 is 1.62 bits per heavy atom. The van der Waals surface area contributed by atoms with Crippen molar-refractivity contribution in [2.75, 3.05) is 33.7 Å². The van der Waals surface area contributed by atoms with Gasteiger partial charge in [-0.25, -0.2) is 12.7 Å². The standard InChI is InChI=1S/C22H32F3N3O3S/c1-27-13-11-19(12-14-27)26-21(29)17-5-3-16(4-6-17)15-28(2)32(30,31)20-9-7-18(8-10-20)22(23,24)25/h7-10,16-17,19H,3-6,11-15H2,1-2H3,(H,26,29). The summed E-state index contributed by atoms with van der Waals surface area (Å²) in [5.41, 5.74) is -0.879. The Morgan fingerprint density at radius 3 is 2.16 bits per heavy atom. The molecule has 1 amide bonds. The molecule has 1 N–H and O–H groups in total. The van der Waals surface area contributed by atoms with Crippen molar-refractivity contribution in [1.29, 1.82) is 0 Å². The van der Waals surface area contributed by atoms with Crippen LogP contribution in [0.4, 0.5) is 13.2 Å². The van der Waals surface area contributed by atoms with E-state index in [1.54, 1.807) is 0 Å². The molecule has 1 aromatic carbocycles. The summed E-state index contributed by atoms with van der Waals surface area (Å²) in [7, 11) is -0.344. The predicted molar refractivity (Wildman–Crippen MR) is 115 cm³/mol. The Balaban J connectivity index is 1.49. The zero-order valence-electron chi connectivity index (χ0n) is 18.6. The van der Waals surface area contributed by atoms with E-state index in [9.17, 15) is 26.4 Å². The number of benzene rings is 1. The quantitative estimate of drug-likeness (QED) is 0.685. The molecule has 1 aromatic rings. The van der Waals surface area contributed by atoms with Crippen LogP contribution >= 0.6 is 0 Å². The average Bonchev–Trinajstić information content (AvgIpc) is 2.75. The summed E-state index contributed by atoms with van der Waals surface area (Å²) in [6.07, 6.45) is 0.353. The van der Waals surface area contributed by atoms with Crippen LogP contribution in [0.5, 0.6) is 0 Å². The van der Waals surface area contributed by atoms with Crippen molar-refractivity contribution >= 4 is 15.9 Å². The van der Waals surface area contributed by atoms with Crippen LogP contribution < -0.4 is 5.32 Å². The third-order valence-electron chi connectivity index (χ3n) is 6.69. The summed E-state index contributed by atoms with van der Waals surface area (Å²) in [6, 6.07) is 3.80. The number of amides is 1. The van der Waals surface area contributed by atoms with Gasteiger partial charge in [0.05, 0.1) is 10.5 Å². The molecule has 0 radical (unpaired) electrons. The topological polar surface area (TPSA) is 69.7 Å². The van der Waals surface area contributed by atoms with E-state index in [1.165, 1.54) is 11.4 Å². The number of sulfonamides is 1. The summed E-state index contributed by atoms with van der Waals surface area (Å²) in [6.45, 7) is 2.25. The third kappa shape index (κ3) is 6.23. The van der Waals surface area contributed by atoms with E-state index in [1.807, 2.05) is 0 Å². The van der Waals surface area contributed by atoms with E-state index in [-0.39, 0.29) is 35.2 Å². The van der Waals surface area contributed by atoms with Gasteiger partial charge in [-0.2, -0.15) is 13.2 Å². The molecule has 0 atom stereocenters. The van der Waals surface area contributed by atoms with Gasteiger partial charge in [-0.1, -0.05) is 0 Å².